The summed E-state index contributed by atoms with van der Waals surface area (Å²) in [6.45, 7) is 0.926. The molecule has 0 spiro atoms. The zero-order chi connectivity index (χ0) is 17.2. The van der Waals surface area contributed by atoms with E-state index in [2.05, 4.69) is 15.3 Å². The monoisotopic (exact) mass is 351 g/mol. The van der Waals surface area contributed by atoms with Gasteiger partial charge in [-0.2, -0.15) is 0 Å². The van der Waals surface area contributed by atoms with E-state index >= 15 is 0 Å². The molecule has 0 aliphatic rings. The summed E-state index contributed by atoms with van der Waals surface area (Å²) in [5.41, 5.74) is 2.58. The van der Waals surface area contributed by atoms with E-state index in [-0.39, 0.29) is 11.1 Å². The summed E-state index contributed by atoms with van der Waals surface area (Å²) in [5.74, 6) is 0. The Kier molecular flexibility index (Phi) is 4.03. The van der Waals surface area contributed by atoms with Gasteiger partial charge in [-0.3, -0.25) is 9.36 Å². The Bertz CT molecular complexity index is 1070. The molecule has 4 rings (SSSR count). The average molecular weight is 352 g/mol. The van der Waals surface area contributed by atoms with Crippen LogP contribution in [0.1, 0.15) is 11.1 Å². The van der Waals surface area contributed by atoms with Crippen molar-refractivity contribution in [3.63, 3.8) is 0 Å². The SMILES string of the molecule is O=c1c2nnn(Cc3ccccc3)c2ncn1Cc1ccc(Cl)cc1. The number of benzene rings is 2. The molecule has 0 aliphatic heterocycles. The van der Waals surface area contributed by atoms with Crippen molar-refractivity contribution in [2.75, 3.05) is 0 Å². The van der Waals surface area contributed by atoms with Gasteiger partial charge in [0.15, 0.2) is 11.2 Å². The Hall–Kier alpha value is -2.99. The molecule has 0 aliphatic carbocycles. The second-order valence-electron chi connectivity index (χ2n) is 5.71. The molecule has 0 N–H and O–H groups in total. The first-order chi connectivity index (χ1) is 12.2. The van der Waals surface area contributed by atoms with Crippen molar-refractivity contribution in [2.45, 2.75) is 13.1 Å². The normalized spacial score (nSPS) is 11.1. The minimum atomic E-state index is -0.209. The Balaban J connectivity index is 1.67. The predicted octanol–water partition coefficient (Wildman–Crippen LogP) is 2.74. The van der Waals surface area contributed by atoms with E-state index in [0.717, 1.165) is 11.1 Å². The van der Waals surface area contributed by atoms with Crippen molar-refractivity contribution < 1.29 is 0 Å². The van der Waals surface area contributed by atoms with Gasteiger partial charge in [0.05, 0.1) is 13.1 Å². The van der Waals surface area contributed by atoms with Crippen LogP contribution >= 0.6 is 11.6 Å². The summed E-state index contributed by atoms with van der Waals surface area (Å²) in [6.07, 6.45) is 1.53. The third-order valence-corrected chi connectivity index (χ3v) is 4.19. The van der Waals surface area contributed by atoms with Crippen LogP contribution < -0.4 is 5.56 Å². The summed E-state index contributed by atoms with van der Waals surface area (Å²) >= 11 is 5.89. The summed E-state index contributed by atoms with van der Waals surface area (Å²) in [6, 6.07) is 17.2. The fraction of sp³-hybridized carbons (Fsp3) is 0.111. The Morgan fingerprint density at radius 2 is 1.64 bits per heavy atom. The van der Waals surface area contributed by atoms with Crippen LogP contribution in [0.3, 0.4) is 0 Å². The van der Waals surface area contributed by atoms with Gasteiger partial charge in [-0.05, 0) is 23.3 Å². The average Bonchev–Trinajstić information content (AvgIpc) is 3.04. The van der Waals surface area contributed by atoms with Gasteiger partial charge in [0.25, 0.3) is 5.56 Å². The van der Waals surface area contributed by atoms with Crippen LogP contribution in [0, 0.1) is 0 Å². The van der Waals surface area contributed by atoms with Gasteiger partial charge >= 0.3 is 0 Å². The van der Waals surface area contributed by atoms with Gasteiger partial charge < -0.3 is 0 Å². The smallest absolute Gasteiger partial charge is 0.283 e. The molecule has 0 atom stereocenters. The van der Waals surface area contributed by atoms with E-state index in [1.54, 1.807) is 16.8 Å². The first kappa shape index (κ1) is 15.5. The molecule has 4 aromatic rings. The Labute approximate surface area is 148 Å². The van der Waals surface area contributed by atoms with Gasteiger partial charge in [0.1, 0.15) is 6.33 Å². The number of hydrogen-bond donors (Lipinski definition) is 0. The fourth-order valence-corrected chi connectivity index (χ4v) is 2.78. The lowest BCUT2D eigenvalue weighted by Crippen LogP contribution is -2.21. The molecule has 0 radical (unpaired) electrons. The van der Waals surface area contributed by atoms with Crippen LogP contribution in [-0.2, 0) is 13.1 Å². The Morgan fingerprint density at radius 3 is 2.40 bits per heavy atom. The molecule has 0 bridgehead atoms. The van der Waals surface area contributed by atoms with Gasteiger partial charge in [0, 0.05) is 5.02 Å². The minimum absolute atomic E-state index is 0.209. The van der Waals surface area contributed by atoms with Crippen LogP contribution in [0.25, 0.3) is 11.2 Å². The number of hydrogen-bond acceptors (Lipinski definition) is 4. The third kappa shape index (κ3) is 3.16. The van der Waals surface area contributed by atoms with E-state index in [0.29, 0.717) is 23.8 Å². The van der Waals surface area contributed by atoms with Crippen LogP contribution in [0.15, 0.2) is 65.7 Å². The highest BCUT2D eigenvalue weighted by Crippen LogP contribution is 2.11. The van der Waals surface area contributed by atoms with Crippen molar-refractivity contribution in [1.29, 1.82) is 0 Å². The van der Waals surface area contributed by atoms with E-state index in [9.17, 15) is 4.79 Å². The molecule has 0 amide bonds. The van der Waals surface area contributed by atoms with Crippen molar-refractivity contribution >= 4 is 22.8 Å². The van der Waals surface area contributed by atoms with Crippen molar-refractivity contribution in [2.24, 2.45) is 0 Å². The maximum Gasteiger partial charge on any atom is 0.283 e. The largest absolute Gasteiger partial charge is 0.293 e. The maximum absolute atomic E-state index is 12.6. The lowest BCUT2D eigenvalue weighted by molar-refractivity contribution is 0.663. The topological polar surface area (TPSA) is 65.6 Å². The standard InChI is InChI=1S/C18H14ClN5O/c19-15-8-6-14(7-9-15)10-23-12-20-17-16(18(23)25)21-22-24(17)11-13-4-2-1-3-5-13/h1-9,12H,10-11H2. The quantitative estimate of drug-likeness (QED) is 0.567. The molecule has 0 unspecified atom stereocenters. The molecule has 2 heterocycles. The molecule has 0 saturated carbocycles. The molecule has 25 heavy (non-hydrogen) atoms. The van der Waals surface area contributed by atoms with Crippen LogP contribution in [0.5, 0.6) is 0 Å². The van der Waals surface area contributed by atoms with Gasteiger partial charge in [-0.1, -0.05) is 59.3 Å². The molecule has 7 heteroatoms. The Morgan fingerprint density at radius 1 is 0.920 bits per heavy atom. The summed E-state index contributed by atoms with van der Waals surface area (Å²) in [7, 11) is 0. The van der Waals surface area contributed by atoms with Gasteiger partial charge in [-0.25, -0.2) is 9.67 Å². The molecule has 2 aromatic heterocycles. The van der Waals surface area contributed by atoms with E-state index in [4.69, 9.17) is 11.6 Å². The maximum atomic E-state index is 12.6. The number of halogens is 1. The lowest BCUT2D eigenvalue weighted by Gasteiger charge is -2.06. The number of rotatable bonds is 4. The first-order valence-corrected chi connectivity index (χ1v) is 8.15. The van der Waals surface area contributed by atoms with E-state index < -0.39 is 0 Å². The van der Waals surface area contributed by atoms with E-state index in [1.807, 2.05) is 42.5 Å². The van der Waals surface area contributed by atoms with Crippen LogP contribution in [-0.4, -0.2) is 24.5 Å². The van der Waals surface area contributed by atoms with Crippen LogP contribution in [0.2, 0.25) is 5.02 Å². The summed E-state index contributed by atoms with van der Waals surface area (Å²) in [4.78, 5) is 17.0. The molecular formula is C18H14ClN5O. The molecule has 124 valence electrons. The van der Waals surface area contributed by atoms with Crippen molar-refractivity contribution in [3.8, 4) is 0 Å². The number of fused-ring (bicyclic) bond motifs is 1. The molecule has 2 aromatic carbocycles. The highest BCUT2D eigenvalue weighted by molar-refractivity contribution is 6.30. The van der Waals surface area contributed by atoms with E-state index in [1.165, 1.54) is 10.9 Å². The zero-order valence-electron chi connectivity index (χ0n) is 13.2. The van der Waals surface area contributed by atoms with Gasteiger partial charge in [-0.15, -0.1) is 5.10 Å². The molecular weight excluding hydrogens is 338 g/mol. The fourth-order valence-electron chi connectivity index (χ4n) is 2.65. The predicted molar refractivity (Wildman–Crippen MR) is 95.7 cm³/mol. The number of nitrogens with zero attached hydrogens (tertiary/aromatic N) is 5. The first-order valence-electron chi connectivity index (χ1n) is 7.78. The second-order valence-corrected chi connectivity index (χ2v) is 6.15. The van der Waals surface area contributed by atoms with Crippen LogP contribution in [0.4, 0.5) is 0 Å². The highest BCUT2D eigenvalue weighted by Gasteiger charge is 2.12. The van der Waals surface area contributed by atoms with Crippen molar-refractivity contribution in [1.82, 2.24) is 24.5 Å². The van der Waals surface area contributed by atoms with Crippen molar-refractivity contribution in [3.05, 3.63) is 87.4 Å². The molecule has 0 saturated heterocycles. The third-order valence-electron chi connectivity index (χ3n) is 3.93. The van der Waals surface area contributed by atoms with Gasteiger partial charge in [0.2, 0.25) is 0 Å². The molecule has 6 nitrogen and oxygen atoms in total. The summed E-state index contributed by atoms with van der Waals surface area (Å²) < 4.78 is 3.16. The highest BCUT2D eigenvalue weighted by atomic mass is 35.5. The molecule has 0 fully saturated rings. The lowest BCUT2D eigenvalue weighted by atomic mass is 10.2. The summed E-state index contributed by atoms with van der Waals surface area (Å²) in [5, 5.41) is 8.77. The number of aromatic nitrogens is 5. The minimum Gasteiger partial charge on any atom is -0.293 e. The zero-order valence-corrected chi connectivity index (χ0v) is 14.0. The second kappa shape index (κ2) is 6.49.